The molecule has 0 aromatic heterocycles. The SMILES string of the molecule is CCCC(N[C@@H](C)c1ccc(OC)cc1)c1ccccc1. The molecular formula is C19H25NO. The van der Waals surface area contributed by atoms with Gasteiger partial charge >= 0.3 is 0 Å². The van der Waals surface area contributed by atoms with Crippen LogP contribution in [0.3, 0.4) is 0 Å². The molecule has 0 saturated heterocycles. The number of hydrogen-bond acceptors (Lipinski definition) is 2. The smallest absolute Gasteiger partial charge is 0.118 e. The van der Waals surface area contributed by atoms with Crippen LogP contribution in [-0.2, 0) is 0 Å². The molecule has 2 nitrogen and oxygen atoms in total. The fraction of sp³-hybridized carbons (Fsp3) is 0.368. The molecule has 0 aliphatic carbocycles. The number of hydrogen-bond donors (Lipinski definition) is 1. The number of ether oxygens (including phenoxy) is 1. The molecule has 0 amide bonds. The van der Waals surface area contributed by atoms with Gasteiger partial charge in [0, 0.05) is 12.1 Å². The van der Waals surface area contributed by atoms with E-state index in [-0.39, 0.29) is 0 Å². The summed E-state index contributed by atoms with van der Waals surface area (Å²) in [5.41, 5.74) is 2.65. The number of benzene rings is 2. The minimum absolute atomic E-state index is 0.313. The molecule has 0 aliphatic rings. The molecule has 0 fully saturated rings. The summed E-state index contributed by atoms with van der Waals surface area (Å²) in [5, 5.41) is 3.75. The van der Waals surface area contributed by atoms with E-state index in [0.29, 0.717) is 12.1 Å². The third-order valence-corrected chi connectivity index (χ3v) is 3.85. The van der Waals surface area contributed by atoms with E-state index in [2.05, 4.69) is 61.6 Å². The second kappa shape index (κ2) is 7.84. The molecule has 1 N–H and O–H groups in total. The van der Waals surface area contributed by atoms with Gasteiger partial charge in [0.2, 0.25) is 0 Å². The minimum Gasteiger partial charge on any atom is -0.497 e. The quantitative estimate of drug-likeness (QED) is 0.781. The predicted molar refractivity (Wildman–Crippen MR) is 88.6 cm³/mol. The molecular weight excluding hydrogens is 258 g/mol. The largest absolute Gasteiger partial charge is 0.497 e. The first-order chi connectivity index (χ1) is 10.2. The molecule has 0 aliphatic heterocycles. The molecule has 2 aromatic rings. The Hall–Kier alpha value is -1.80. The highest BCUT2D eigenvalue weighted by molar-refractivity contribution is 5.29. The van der Waals surface area contributed by atoms with E-state index in [1.165, 1.54) is 17.5 Å². The van der Waals surface area contributed by atoms with E-state index in [1.807, 2.05) is 12.1 Å². The standard InChI is InChI=1S/C19H25NO/c1-4-8-19(17-9-6-5-7-10-17)20-15(2)16-11-13-18(21-3)14-12-16/h5-7,9-15,19-20H,4,8H2,1-3H3/t15-,19?/m0/s1. The van der Waals surface area contributed by atoms with Crippen molar-refractivity contribution in [2.75, 3.05) is 7.11 Å². The Morgan fingerprint density at radius 2 is 1.62 bits per heavy atom. The Balaban J connectivity index is 2.08. The van der Waals surface area contributed by atoms with Crippen LogP contribution in [0.5, 0.6) is 5.75 Å². The second-order valence-corrected chi connectivity index (χ2v) is 5.41. The van der Waals surface area contributed by atoms with Crippen LogP contribution in [0, 0.1) is 0 Å². The van der Waals surface area contributed by atoms with E-state index >= 15 is 0 Å². The summed E-state index contributed by atoms with van der Waals surface area (Å²) in [4.78, 5) is 0. The summed E-state index contributed by atoms with van der Waals surface area (Å²) in [6.45, 7) is 4.45. The lowest BCUT2D eigenvalue weighted by Gasteiger charge is -2.24. The van der Waals surface area contributed by atoms with E-state index in [9.17, 15) is 0 Å². The maximum absolute atomic E-state index is 5.22. The van der Waals surface area contributed by atoms with Gasteiger partial charge in [0.1, 0.15) is 5.75 Å². The van der Waals surface area contributed by atoms with Gasteiger partial charge in [-0.3, -0.25) is 0 Å². The van der Waals surface area contributed by atoms with Crippen molar-refractivity contribution >= 4 is 0 Å². The summed E-state index contributed by atoms with van der Waals surface area (Å²) in [5.74, 6) is 0.902. The van der Waals surface area contributed by atoms with Gasteiger partial charge in [-0.05, 0) is 36.6 Å². The van der Waals surface area contributed by atoms with Crippen LogP contribution in [0.1, 0.15) is 49.9 Å². The molecule has 0 saturated carbocycles. The van der Waals surface area contributed by atoms with Gasteiger partial charge in [-0.15, -0.1) is 0 Å². The highest BCUT2D eigenvalue weighted by Gasteiger charge is 2.14. The fourth-order valence-corrected chi connectivity index (χ4v) is 2.61. The second-order valence-electron chi connectivity index (χ2n) is 5.41. The van der Waals surface area contributed by atoms with E-state index < -0.39 is 0 Å². The van der Waals surface area contributed by atoms with Gasteiger partial charge in [-0.25, -0.2) is 0 Å². The summed E-state index contributed by atoms with van der Waals surface area (Å²) in [7, 11) is 1.70. The van der Waals surface area contributed by atoms with Gasteiger partial charge in [0.05, 0.1) is 7.11 Å². The van der Waals surface area contributed by atoms with E-state index in [4.69, 9.17) is 4.74 Å². The molecule has 2 atom stereocenters. The highest BCUT2D eigenvalue weighted by Crippen LogP contribution is 2.24. The zero-order valence-corrected chi connectivity index (χ0v) is 13.2. The van der Waals surface area contributed by atoms with Crippen molar-refractivity contribution in [3.8, 4) is 5.75 Å². The van der Waals surface area contributed by atoms with E-state index in [1.54, 1.807) is 7.11 Å². The van der Waals surface area contributed by atoms with Gasteiger partial charge in [-0.2, -0.15) is 0 Å². The molecule has 21 heavy (non-hydrogen) atoms. The summed E-state index contributed by atoms with van der Waals surface area (Å²) in [6, 6.07) is 19.7. The van der Waals surface area contributed by atoms with Crippen LogP contribution in [0.25, 0.3) is 0 Å². The average Bonchev–Trinajstić information content (AvgIpc) is 2.55. The predicted octanol–water partition coefficient (Wildman–Crippen LogP) is 4.89. The van der Waals surface area contributed by atoms with Crippen LogP contribution in [0.15, 0.2) is 54.6 Å². The lowest BCUT2D eigenvalue weighted by atomic mass is 9.99. The zero-order valence-electron chi connectivity index (χ0n) is 13.2. The molecule has 0 radical (unpaired) electrons. The maximum atomic E-state index is 5.22. The number of methoxy groups -OCH3 is 1. The lowest BCUT2D eigenvalue weighted by molar-refractivity contribution is 0.413. The normalized spacial score (nSPS) is 13.7. The first-order valence-electron chi connectivity index (χ1n) is 7.69. The van der Waals surface area contributed by atoms with Crippen LogP contribution in [0.4, 0.5) is 0 Å². The maximum Gasteiger partial charge on any atom is 0.118 e. The van der Waals surface area contributed by atoms with Crippen molar-refractivity contribution in [2.24, 2.45) is 0 Å². The molecule has 0 spiro atoms. The lowest BCUT2D eigenvalue weighted by Crippen LogP contribution is -2.24. The van der Waals surface area contributed by atoms with Gasteiger partial charge in [-0.1, -0.05) is 55.8 Å². The Kier molecular flexibility index (Phi) is 5.82. The van der Waals surface area contributed by atoms with Crippen molar-refractivity contribution in [1.29, 1.82) is 0 Å². The van der Waals surface area contributed by atoms with Gasteiger partial charge < -0.3 is 10.1 Å². The summed E-state index contributed by atoms with van der Waals surface area (Å²) < 4.78 is 5.22. The average molecular weight is 283 g/mol. The molecule has 1 unspecified atom stereocenters. The molecule has 0 heterocycles. The Bertz CT molecular complexity index is 521. The molecule has 2 aromatic carbocycles. The van der Waals surface area contributed by atoms with E-state index in [0.717, 1.165) is 12.2 Å². The van der Waals surface area contributed by atoms with Crippen molar-refractivity contribution < 1.29 is 4.74 Å². The first kappa shape index (κ1) is 15.6. The molecule has 112 valence electrons. The van der Waals surface area contributed by atoms with Crippen molar-refractivity contribution in [2.45, 2.75) is 38.8 Å². The topological polar surface area (TPSA) is 21.3 Å². The zero-order chi connectivity index (χ0) is 15.1. The minimum atomic E-state index is 0.313. The van der Waals surface area contributed by atoms with Crippen LogP contribution < -0.4 is 10.1 Å². The fourth-order valence-electron chi connectivity index (χ4n) is 2.61. The van der Waals surface area contributed by atoms with Crippen LogP contribution in [0.2, 0.25) is 0 Å². The summed E-state index contributed by atoms with van der Waals surface area (Å²) in [6.07, 6.45) is 2.31. The monoisotopic (exact) mass is 283 g/mol. The van der Waals surface area contributed by atoms with Gasteiger partial charge in [0.25, 0.3) is 0 Å². The first-order valence-corrected chi connectivity index (χ1v) is 7.69. The van der Waals surface area contributed by atoms with Crippen molar-refractivity contribution in [1.82, 2.24) is 5.32 Å². The Labute approximate surface area is 128 Å². The highest BCUT2D eigenvalue weighted by atomic mass is 16.5. The third-order valence-electron chi connectivity index (χ3n) is 3.85. The van der Waals surface area contributed by atoms with Crippen LogP contribution in [-0.4, -0.2) is 7.11 Å². The Morgan fingerprint density at radius 1 is 0.952 bits per heavy atom. The number of rotatable bonds is 7. The van der Waals surface area contributed by atoms with Crippen molar-refractivity contribution in [3.63, 3.8) is 0 Å². The van der Waals surface area contributed by atoms with Crippen LogP contribution >= 0.6 is 0 Å². The molecule has 0 bridgehead atoms. The Morgan fingerprint density at radius 3 is 2.19 bits per heavy atom. The third kappa shape index (κ3) is 4.33. The molecule has 2 rings (SSSR count). The van der Waals surface area contributed by atoms with Crippen molar-refractivity contribution in [3.05, 3.63) is 65.7 Å². The summed E-state index contributed by atoms with van der Waals surface area (Å²) >= 11 is 0. The van der Waals surface area contributed by atoms with Gasteiger partial charge in [0.15, 0.2) is 0 Å². The number of nitrogens with one attached hydrogen (secondary N) is 1. The molecule has 2 heteroatoms.